The Labute approximate surface area is 98.9 Å². The summed E-state index contributed by atoms with van der Waals surface area (Å²) in [5.41, 5.74) is 0.999. The Kier molecular flexibility index (Phi) is 2.82. The topological polar surface area (TPSA) is 58.4 Å². The fourth-order valence-corrected chi connectivity index (χ4v) is 1.52. The fourth-order valence-electron chi connectivity index (χ4n) is 1.52. The number of rotatable bonds is 2. The lowest BCUT2D eigenvalue weighted by Crippen LogP contribution is -2.26. The number of aromatic nitrogens is 2. The van der Waals surface area contributed by atoms with E-state index in [1.54, 1.807) is 49.2 Å². The Hall–Kier alpha value is -2.30. The Bertz CT molecular complexity index is 548. The number of carbonyl (C=O) groups is 1. The number of aromatic hydroxyl groups is 1. The van der Waals surface area contributed by atoms with Crippen molar-refractivity contribution in [2.24, 2.45) is 7.05 Å². The predicted molar refractivity (Wildman–Crippen MR) is 64.0 cm³/mol. The first kappa shape index (κ1) is 11.2. The minimum absolute atomic E-state index is 0.128. The lowest BCUT2D eigenvalue weighted by atomic mass is 10.2. The molecule has 0 saturated carbocycles. The van der Waals surface area contributed by atoms with Crippen LogP contribution in [0.15, 0.2) is 36.5 Å². The summed E-state index contributed by atoms with van der Waals surface area (Å²) in [4.78, 5) is 13.5. The summed E-state index contributed by atoms with van der Waals surface area (Å²) in [6.45, 7) is 0. The molecule has 17 heavy (non-hydrogen) atoms. The van der Waals surface area contributed by atoms with Crippen molar-refractivity contribution in [1.29, 1.82) is 0 Å². The molecule has 5 heteroatoms. The molecule has 1 N–H and O–H groups in total. The number of benzene rings is 1. The van der Waals surface area contributed by atoms with Crippen LogP contribution in [0.4, 0.5) is 5.69 Å². The largest absolute Gasteiger partial charge is 0.508 e. The van der Waals surface area contributed by atoms with E-state index in [4.69, 9.17) is 0 Å². The minimum atomic E-state index is -0.212. The third kappa shape index (κ3) is 2.28. The highest BCUT2D eigenvalue weighted by atomic mass is 16.3. The van der Waals surface area contributed by atoms with Crippen LogP contribution in [0.1, 0.15) is 10.5 Å². The second kappa shape index (κ2) is 4.29. The summed E-state index contributed by atoms with van der Waals surface area (Å²) >= 11 is 0. The van der Waals surface area contributed by atoms with E-state index < -0.39 is 0 Å². The van der Waals surface area contributed by atoms with Crippen molar-refractivity contribution in [2.45, 2.75) is 0 Å². The SMILES string of the molecule is CN(C(=O)c1ccn(C)n1)c1cccc(O)c1. The zero-order valence-electron chi connectivity index (χ0n) is 9.66. The molecule has 0 radical (unpaired) electrons. The zero-order chi connectivity index (χ0) is 12.4. The Balaban J connectivity index is 2.26. The van der Waals surface area contributed by atoms with Crippen molar-refractivity contribution in [3.8, 4) is 5.75 Å². The molecule has 2 rings (SSSR count). The van der Waals surface area contributed by atoms with Crippen LogP contribution < -0.4 is 4.90 Å². The number of carbonyl (C=O) groups excluding carboxylic acids is 1. The van der Waals surface area contributed by atoms with Gasteiger partial charge < -0.3 is 10.0 Å². The van der Waals surface area contributed by atoms with E-state index in [-0.39, 0.29) is 11.7 Å². The van der Waals surface area contributed by atoms with Gasteiger partial charge in [-0.2, -0.15) is 5.10 Å². The third-order valence-corrected chi connectivity index (χ3v) is 2.45. The molecule has 0 aliphatic heterocycles. The highest BCUT2D eigenvalue weighted by Gasteiger charge is 2.15. The molecule has 1 aromatic heterocycles. The van der Waals surface area contributed by atoms with Crippen molar-refractivity contribution < 1.29 is 9.90 Å². The summed E-state index contributed by atoms with van der Waals surface area (Å²) in [5.74, 6) is -0.0839. The van der Waals surface area contributed by atoms with Gasteiger partial charge in [-0.3, -0.25) is 9.48 Å². The van der Waals surface area contributed by atoms with Crippen LogP contribution in [0.3, 0.4) is 0 Å². The van der Waals surface area contributed by atoms with E-state index in [9.17, 15) is 9.90 Å². The van der Waals surface area contributed by atoms with Gasteiger partial charge in [0.05, 0.1) is 0 Å². The molecule has 1 aromatic carbocycles. The van der Waals surface area contributed by atoms with Gasteiger partial charge in [0.15, 0.2) is 5.69 Å². The van der Waals surface area contributed by atoms with Gasteiger partial charge in [0.25, 0.3) is 5.91 Å². The summed E-state index contributed by atoms with van der Waals surface area (Å²) in [7, 11) is 3.40. The Morgan fingerprint density at radius 3 is 2.76 bits per heavy atom. The molecule has 5 nitrogen and oxygen atoms in total. The highest BCUT2D eigenvalue weighted by Crippen LogP contribution is 2.20. The van der Waals surface area contributed by atoms with Crippen LogP contribution in [-0.2, 0) is 7.05 Å². The summed E-state index contributed by atoms with van der Waals surface area (Å²) in [6.07, 6.45) is 1.71. The third-order valence-electron chi connectivity index (χ3n) is 2.45. The van der Waals surface area contributed by atoms with Gasteiger partial charge in [0.1, 0.15) is 5.75 Å². The van der Waals surface area contributed by atoms with Crippen molar-refractivity contribution in [3.05, 3.63) is 42.2 Å². The maximum atomic E-state index is 12.0. The van der Waals surface area contributed by atoms with Crippen molar-refractivity contribution in [3.63, 3.8) is 0 Å². The number of hydrogen-bond acceptors (Lipinski definition) is 3. The monoisotopic (exact) mass is 231 g/mol. The van der Waals surface area contributed by atoms with E-state index in [0.29, 0.717) is 11.4 Å². The fraction of sp³-hybridized carbons (Fsp3) is 0.167. The molecule has 0 atom stereocenters. The van der Waals surface area contributed by atoms with Gasteiger partial charge in [-0.25, -0.2) is 0 Å². The lowest BCUT2D eigenvalue weighted by Gasteiger charge is -2.15. The van der Waals surface area contributed by atoms with Crippen LogP contribution in [0, 0.1) is 0 Å². The number of hydrogen-bond donors (Lipinski definition) is 1. The normalized spacial score (nSPS) is 10.2. The second-order valence-corrected chi connectivity index (χ2v) is 3.76. The molecule has 0 saturated heterocycles. The molecule has 88 valence electrons. The van der Waals surface area contributed by atoms with E-state index in [1.165, 1.54) is 11.0 Å². The second-order valence-electron chi connectivity index (χ2n) is 3.76. The van der Waals surface area contributed by atoms with Crippen LogP contribution in [-0.4, -0.2) is 27.8 Å². The molecule has 1 heterocycles. The minimum Gasteiger partial charge on any atom is -0.508 e. The summed E-state index contributed by atoms with van der Waals surface area (Å²) in [5, 5.41) is 13.4. The number of aryl methyl sites for hydroxylation is 1. The van der Waals surface area contributed by atoms with Crippen molar-refractivity contribution in [1.82, 2.24) is 9.78 Å². The molecule has 2 aromatic rings. The molecule has 0 bridgehead atoms. The first-order valence-electron chi connectivity index (χ1n) is 5.14. The molecule has 1 amide bonds. The van der Waals surface area contributed by atoms with Gasteiger partial charge in [-0.1, -0.05) is 6.07 Å². The smallest absolute Gasteiger partial charge is 0.278 e. The van der Waals surface area contributed by atoms with Crippen LogP contribution in [0.25, 0.3) is 0 Å². The number of anilines is 1. The average Bonchev–Trinajstić information content (AvgIpc) is 2.74. The maximum absolute atomic E-state index is 12.0. The van der Waals surface area contributed by atoms with E-state index in [2.05, 4.69) is 5.10 Å². The maximum Gasteiger partial charge on any atom is 0.278 e. The van der Waals surface area contributed by atoms with Gasteiger partial charge in [0, 0.05) is 32.0 Å². The highest BCUT2D eigenvalue weighted by molar-refractivity contribution is 6.04. The van der Waals surface area contributed by atoms with Gasteiger partial charge >= 0.3 is 0 Å². The number of nitrogens with zero attached hydrogens (tertiary/aromatic N) is 3. The lowest BCUT2D eigenvalue weighted by molar-refractivity contribution is 0.0987. The first-order chi connectivity index (χ1) is 8.08. The van der Waals surface area contributed by atoms with Crippen LogP contribution in [0.2, 0.25) is 0 Å². The van der Waals surface area contributed by atoms with Gasteiger partial charge in [-0.15, -0.1) is 0 Å². The van der Waals surface area contributed by atoms with Crippen LogP contribution in [0.5, 0.6) is 5.75 Å². The molecule has 0 spiro atoms. The van der Waals surface area contributed by atoms with Crippen molar-refractivity contribution >= 4 is 11.6 Å². The number of phenolic OH excluding ortho intramolecular Hbond substituents is 1. The van der Waals surface area contributed by atoms with Gasteiger partial charge in [-0.05, 0) is 18.2 Å². The Morgan fingerprint density at radius 2 is 2.18 bits per heavy atom. The molecular formula is C12H13N3O2. The Morgan fingerprint density at radius 1 is 1.41 bits per heavy atom. The summed E-state index contributed by atoms with van der Waals surface area (Å²) in [6, 6.07) is 8.18. The standard InChI is InChI=1S/C12H13N3O2/c1-14-7-6-11(13-14)12(17)15(2)9-4-3-5-10(16)8-9/h3-8,16H,1-2H3. The average molecular weight is 231 g/mol. The quantitative estimate of drug-likeness (QED) is 0.850. The first-order valence-corrected chi connectivity index (χ1v) is 5.14. The van der Waals surface area contributed by atoms with Crippen molar-refractivity contribution in [2.75, 3.05) is 11.9 Å². The molecule has 0 aliphatic rings. The van der Waals surface area contributed by atoms with E-state index in [0.717, 1.165) is 0 Å². The van der Waals surface area contributed by atoms with Gasteiger partial charge in [0.2, 0.25) is 0 Å². The number of phenols is 1. The summed E-state index contributed by atoms with van der Waals surface area (Å²) < 4.78 is 1.57. The molecule has 0 unspecified atom stereocenters. The van der Waals surface area contributed by atoms with Crippen LogP contribution >= 0.6 is 0 Å². The molecule has 0 fully saturated rings. The predicted octanol–water partition coefficient (Wildman–Crippen LogP) is 1.40. The molecule has 0 aliphatic carbocycles. The van der Waals surface area contributed by atoms with E-state index in [1.807, 2.05) is 0 Å². The number of amides is 1. The zero-order valence-corrected chi connectivity index (χ0v) is 9.66. The van der Waals surface area contributed by atoms with E-state index >= 15 is 0 Å². The molecular weight excluding hydrogens is 218 g/mol.